The molecule has 1 aromatic rings. The number of benzene rings is 1. The Morgan fingerprint density at radius 2 is 1.67 bits per heavy atom. The third kappa shape index (κ3) is 2.38. The SMILES string of the molecule is CC=Cc1cccc(B2OC(C)(C)C(C)(C)O2)c1. The smallest absolute Gasteiger partial charge is 0.399 e. The zero-order valence-electron chi connectivity index (χ0n) is 11.9. The highest BCUT2D eigenvalue weighted by Crippen LogP contribution is 2.36. The van der Waals surface area contributed by atoms with Crippen molar-refractivity contribution < 1.29 is 9.31 Å². The maximum Gasteiger partial charge on any atom is 0.494 e. The van der Waals surface area contributed by atoms with Crippen molar-refractivity contribution >= 4 is 18.7 Å². The minimum atomic E-state index is -0.283. The first-order valence-electron chi connectivity index (χ1n) is 6.44. The van der Waals surface area contributed by atoms with E-state index in [9.17, 15) is 0 Å². The Hall–Kier alpha value is -1.06. The van der Waals surface area contributed by atoms with Crippen LogP contribution < -0.4 is 5.46 Å². The molecule has 1 fully saturated rings. The van der Waals surface area contributed by atoms with Gasteiger partial charge in [0.2, 0.25) is 0 Å². The fourth-order valence-electron chi connectivity index (χ4n) is 1.98. The van der Waals surface area contributed by atoms with Gasteiger partial charge in [-0.25, -0.2) is 0 Å². The van der Waals surface area contributed by atoms with E-state index < -0.39 is 0 Å². The van der Waals surface area contributed by atoms with Crippen molar-refractivity contribution in [2.45, 2.75) is 45.8 Å². The van der Waals surface area contributed by atoms with Gasteiger partial charge in [0.25, 0.3) is 0 Å². The Morgan fingerprint density at radius 3 is 2.22 bits per heavy atom. The van der Waals surface area contributed by atoms with Crippen LogP contribution in [0, 0.1) is 0 Å². The maximum absolute atomic E-state index is 6.04. The van der Waals surface area contributed by atoms with Gasteiger partial charge in [-0.15, -0.1) is 0 Å². The first-order chi connectivity index (χ1) is 8.36. The molecule has 0 amide bonds. The number of hydrogen-bond acceptors (Lipinski definition) is 2. The molecule has 0 bridgehead atoms. The van der Waals surface area contributed by atoms with Crippen molar-refractivity contribution in [2.24, 2.45) is 0 Å². The Bertz CT molecular complexity index is 447. The van der Waals surface area contributed by atoms with Crippen molar-refractivity contribution in [3.63, 3.8) is 0 Å². The monoisotopic (exact) mass is 244 g/mol. The molecule has 2 rings (SSSR count). The normalized spacial score (nSPS) is 21.7. The minimum absolute atomic E-state index is 0.278. The van der Waals surface area contributed by atoms with Crippen LogP contribution >= 0.6 is 0 Å². The first-order valence-corrected chi connectivity index (χ1v) is 6.44. The van der Waals surface area contributed by atoms with Gasteiger partial charge < -0.3 is 9.31 Å². The molecule has 0 spiro atoms. The molecular formula is C15H21BO2. The molecule has 1 aliphatic heterocycles. The van der Waals surface area contributed by atoms with Gasteiger partial charge in [0.05, 0.1) is 11.2 Å². The molecule has 0 radical (unpaired) electrons. The van der Waals surface area contributed by atoms with Crippen LogP contribution in [0.1, 0.15) is 40.2 Å². The molecule has 1 heterocycles. The van der Waals surface area contributed by atoms with Crippen LogP contribution in [0.15, 0.2) is 30.3 Å². The van der Waals surface area contributed by atoms with Gasteiger partial charge in [-0.2, -0.15) is 0 Å². The molecule has 1 aromatic carbocycles. The Labute approximate surface area is 110 Å². The summed E-state index contributed by atoms with van der Waals surface area (Å²) in [6.07, 6.45) is 4.11. The molecule has 1 saturated heterocycles. The molecule has 0 atom stereocenters. The van der Waals surface area contributed by atoms with Crippen LogP contribution in [0.5, 0.6) is 0 Å². The molecule has 2 nitrogen and oxygen atoms in total. The summed E-state index contributed by atoms with van der Waals surface area (Å²) in [6.45, 7) is 10.3. The quantitative estimate of drug-likeness (QED) is 0.744. The summed E-state index contributed by atoms with van der Waals surface area (Å²) in [6, 6.07) is 8.28. The predicted octanol–water partition coefficient (Wildman–Crippen LogP) is 3.02. The fourth-order valence-corrected chi connectivity index (χ4v) is 1.98. The average Bonchev–Trinajstić information content (AvgIpc) is 2.49. The zero-order chi connectivity index (χ0) is 13.4. The van der Waals surface area contributed by atoms with Gasteiger partial charge in [-0.3, -0.25) is 0 Å². The van der Waals surface area contributed by atoms with Crippen molar-refractivity contribution in [1.82, 2.24) is 0 Å². The highest BCUT2D eigenvalue weighted by molar-refractivity contribution is 6.62. The van der Waals surface area contributed by atoms with E-state index in [1.165, 1.54) is 5.56 Å². The van der Waals surface area contributed by atoms with E-state index >= 15 is 0 Å². The molecular weight excluding hydrogens is 223 g/mol. The standard InChI is InChI=1S/C15H21BO2/c1-6-8-12-9-7-10-13(11-12)16-17-14(2,3)15(4,5)18-16/h6-11H,1-5H3. The van der Waals surface area contributed by atoms with Crippen LogP contribution in [0.3, 0.4) is 0 Å². The summed E-state index contributed by atoms with van der Waals surface area (Å²) < 4.78 is 12.1. The van der Waals surface area contributed by atoms with E-state index in [4.69, 9.17) is 9.31 Å². The molecule has 18 heavy (non-hydrogen) atoms. The third-order valence-electron chi connectivity index (χ3n) is 3.80. The fraction of sp³-hybridized carbons (Fsp3) is 0.467. The highest BCUT2D eigenvalue weighted by atomic mass is 16.7. The summed E-state index contributed by atoms with van der Waals surface area (Å²) in [5.74, 6) is 0. The van der Waals surface area contributed by atoms with E-state index in [2.05, 4.69) is 52.0 Å². The minimum Gasteiger partial charge on any atom is -0.399 e. The third-order valence-corrected chi connectivity index (χ3v) is 3.80. The largest absolute Gasteiger partial charge is 0.494 e. The van der Waals surface area contributed by atoms with E-state index in [0.717, 1.165) is 5.46 Å². The number of hydrogen-bond donors (Lipinski definition) is 0. The second-order valence-electron chi connectivity index (χ2n) is 5.76. The predicted molar refractivity (Wildman–Crippen MR) is 76.9 cm³/mol. The highest BCUT2D eigenvalue weighted by Gasteiger charge is 2.51. The second-order valence-corrected chi connectivity index (χ2v) is 5.76. The molecule has 0 aromatic heterocycles. The Balaban J connectivity index is 2.27. The van der Waals surface area contributed by atoms with E-state index in [0.29, 0.717) is 0 Å². The van der Waals surface area contributed by atoms with Crippen LogP contribution in [-0.2, 0) is 9.31 Å². The lowest BCUT2D eigenvalue weighted by Crippen LogP contribution is -2.41. The lowest BCUT2D eigenvalue weighted by molar-refractivity contribution is 0.00578. The number of rotatable bonds is 2. The van der Waals surface area contributed by atoms with Crippen molar-refractivity contribution in [3.8, 4) is 0 Å². The van der Waals surface area contributed by atoms with Gasteiger partial charge >= 0.3 is 7.12 Å². The molecule has 0 aliphatic carbocycles. The Kier molecular flexibility index (Phi) is 3.39. The van der Waals surface area contributed by atoms with E-state index in [-0.39, 0.29) is 18.3 Å². The topological polar surface area (TPSA) is 18.5 Å². The van der Waals surface area contributed by atoms with Crippen molar-refractivity contribution in [2.75, 3.05) is 0 Å². The van der Waals surface area contributed by atoms with E-state index in [1.807, 2.05) is 19.1 Å². The number of allylic oxidation sites excluding steroid dienone is 1. The lowest BCUT2D eigenvalue weighted by Gasteiger charge is -2.32. The van der Waals surface area contributed by atoms with Crippen molar-refractivity contribution in [1.29, 1.82) is 0 Å². The average molecular weight is 244 g/mol. The summed E-state index contributed by atoms with van der Waals surface area (Å²) >= 11 is 0. The van der Waals surface area contributed by atoms with Crippen LogP contribution in [0.25, 0.3) is 6.08 Å². The molecule has 0 saturated carbocycles. The Morgan fingerprint density at radius 1 is 1.06 bits per heavy atom. The first kappa shape index (κ1) is 13.4. The van der Waals surface area contributed by atoms with Gasteiger partial charge in [0.15, 0.2) is 0 Å². The summed E-state index contributed by atoms with van der Waals surface area (Å²) in [7, 11) is -0.278. The van der Waals surface area contributed by atoms with E-state index in [1.54, 1.807) is 0 Å². The second kappa shape index (κ2) is 4.56. The molecule has 96 valence electrons. The summed E-state index contributed by atoms with van der Waals surface area (Å²) in [5, 5.41) is 0. The maximum atomic E-state index is 6.04. The van der Waals surface area contributed by atoms with Gasteiger partial charge in [-0.05, 0) is 45.6 Å². The summed E-state index contributed by atoms with van der Waals surface area (Å²) in [4.78, 5) is 0. The van der Waals surface area contributed by atoms with Crippen LogP contribution in [0.4, 0.5) is 0 Å². The van der Waals surface area contributed by atoms with Crippen molar-refractivity contribution in [3.05, 3.63) is 35.9 Å². The van der Waals surface area contributed by atoms with Gasteiger partial charge in [0, 0.05) is 0 Å². The van der Waals surface area contributed by atoms with Gasteiger partial charge in [-0.1, -0.05) is 36.4 Å². The molecule has 0 N–H and O–H groups in total. The van der Waals surface area contributed by atoms with Gasteiger partial charge in [0.1, 0.15) is 0 Å². The molecule has 3 heteroatoms. The van der Waals surface area contributed by atoms with Crippen LogP contribution in [-0.4, -0.2) is 18.3 Å². The molecule has 0 unspecified atom stereocenters. The lowest BCUT2D eigenvalue weighted by atomic mass is 9.78. The van der Waals surface area contributed by atoms with Crippen LogP contribution in [0.2, 0.25) is 0 Å². The summed E-state index contributed by atoms with van der Waals surface area (Å²) in [5.41, 5.74) is 1.68. The molecule has 1 aliphatic rings. The zero-order valence-corrected chi connectivity index (χ0v) is 11.9.